The van der Waals surface area contributed by atoms with Gasteiger partial charge in [0.2, 0.25) is 5.95 Å². The van der Waals surface area contributed by atoms with Crippen LogP contribution in [0.5, 0.6) is 0 Å². The topological polar surface area (TPSA) is 80.7 Å². The van der Waals surface area contributed by atoms with E-state index in [-0.39, 0.29) is 11.3 Å². The number of amides is 1. The Labute approximate surface area is 163 Å². The zero-order chi connectivity index (χ0) is 19.0. The number of pyridine rings is 1. The maximum Gasteiger partial charge on any atom is 0.255 e. The van der Waals surface area contributed by atoms with E-state index in [9.17, 15) is 4.79 Å². The highest BCUT2D eigenvalue weighted by Crippen LogP contribution is 2.39. The summed E-state index contributed by atoms with van der Waals surface area (Å²) in [5.74, 6) is 0.764. The third-order valence-electron chi connectivity index (χ3n) is 5.83. The van der Waals surface area contributed by atoms with E-state index in [4.69, 9.17) is 14.5 Å². The standard InChI is InChI=1S/C20H23N5O3/c26-18(15-2-1-4-21-10-15)25-5-3-20(13-25)14-28-12-16-11-22-19(23-17(16)20)24-6-8-27-9-7-24/h1-2,4,10-11H,3,5-9,12-14H2/t20-/m0/s1. The van der Waals surface area contributed by atoms with Gasteiger partial charge in [-0.25, -0.2) is 9.97 Å². The first-order valence-electron chi connectivity index (χ1n) is 9.71. The second-order valence-electron chi connectivity index (χ2n) is 7.63. The molecule has 0 unspecified atom stereocenters. The fourth-order valence-corrected chi connectivity index (χ4v) is 4.33. The minimum Gasteiger partial charge on any atom is -0.378 e. The largest absolute Gasteiger partial charge is 0.378 e. The highest BCUT2D eigenvalue weighted by atomic mass is 16.5. The number of ether oxygens (including phenoxy) is 2. The van der Waals surface area contributed by atoms with Crippen molar-refractivity contribution in [2.24, 2.45) is 0 Å². The van der Waals surface area contributed by atoms with Gasteiger partial charge in [0.25, 0.3) is 5.91 Å². The van der Waals surface area contributed by atoms with Gasteiger partial charge in [0.05, 0.1) is 43.1 Å². The molecule has 146 valence electrons. The van der Waals surface area contributed by atoms with Gasteiger partial charge >= 0.3 is 0 Å². The molecule has 2 aromatic rings. The number of hydrogen-bond acceptors (Lipinski definition) is 7. The number of carbonyl (C=O) groups is 1. The SMILES string of the molecule is O=C(c1cccnc1)N1CC[C@@]2(COCc3cnc(N4CCOCC4)nc32)C1. The molecule has 28 heavy (non-hydrogen) atoms. The summed E-state index contributed by atoms with van der Waals surface area (Å²) in [7, 11) is 0. The molecule has 2 saturated heterocycles. The average molecular weight is 381 g/mol. The highest BCUT2D eigenvalue weighted by molar-refractivity contribution is 5.94. The number of morpholine rings is 1. The molecule has 5 rings (SSSR count). The molecular formula is C20H23N5O3. The van der Waals surface area contributed by atoms with E-state index in [0.717, 1.165) is 36.7 Å². The Morgan fingerprint density at radius 1 is 1.14 bits per heavy atom. The number of rotatable bonds is 2. The van der Waals surface area contributed by atoms with Crippen LogP contribution in [0.3, 0.4) is 0 Å². The number of likely N-dealkylation sites (tertiary alicyclic amines) is 1. The van der Waals surface area contributed by atoms with Crippen LogP contribution in [0.2, 0.25) is 0 Å². The molecule has 0 aliphatic carbocycles. The van der Waals surface area contributed by atoms with Crippen LogP contribution in [0.4, 0.5) is 5.95 Å². The van der Waals surface area contributed by atoms with Gasteiger partial charge in [-0.05, 0) is 18.6 Å². The summed E-state index contributed by atoms with van der Waals surface area (Å²) >= 11 is 0. The second kappa shape index (κ2) is 7.10. The van der Waals surface area contributed by atoms with Crippen LogP contribution in [-0.4, -0.2) is 71.8 Å². The molecule has 0 bridgehead atoms. The Morgan fingerprint density at radius 3 is 2.86 bits per heavy atom. The molecule has 2 fully saturated rings. The van der Waals surface area contributed by atoms with Crippen LogP contribution >= 0.6 is 0 Å². The lowest BCUT2D eigenvalue weighted by molar-refractivity contribution is 0.0484. The van der Waals surface area contributed by atoms with E-state index >= 15 is 0 Å². The van der Waals surface area contributed by atoms with E-state index in [1.165, 1.54) is 0 Å². The second-order valence-corrected chi connectivity index (χ2v) is 7.63. The lowest BCUT2D eigenvalue weighted by Gasteiger charge is -2.35. The third-order valence-corrected chi connectivity index (χ3v) is 5.83. The zero-order valence-electron chi connectivity index (χ0n) is 15.7. The van der Waals surface area contributed by atoms with Crippen molar-refractivity contribution in [1.82, 2.24) is 19.9 Å². The minimum atomic E-state index is -0.268. The number of aromatic nitrogens is 3. The normalized spacial score (nSPS) is 24.4. The molecular weight excluding hydrogens is 358 g/mol. The Morgan fingerprint density at radius 2 is 2.04 bits per heavy atom. The van der Waals surface area contributed by atoms with Crippen molar-refractivity contribution in [3.8, 4) is 0 Å². The van der Waals surface area contributed by atoms with Crippen LogP contribution in [0.15, 0.2) is 30.7 Å². The van der Waals surface area contributed by atoms with Crippen molar-refractivity contribution in [2.45, 2.75) is 18.4 Å². The fourth-order valence-electron chi connectivity index (χ4n) is 4.33. The van der Waals surface area contributed by atoms with Gasteiger partial charge in [-0.15, -0.1) is 0 Å². The van der Waals surface area contributed by atoms with Crippen molar-refractivity contribution in [3.05, 3.63) is 47.5 Å². The van der Waals surface area contributed by atoms with Crippen LogP contribution in [0.1, 0.15) is 28.0 Å². The molecule has 1 spiro atoms. The quantitative estimate of drug-likeness (QED) is 0.768. The van der Waals surface area contributed by atoms with Crippen LogP contribution < -0.4 is 4.90 Å². The van der Waals surface area contributed by atoms with Gasteiger partial charge in [0.15, 0.2) is 0 Å². The average Bonchev–Trinajstić information content (AvgIpc) is 3.19. The molecule has 8 nitrogen and oxygen atoms in total. The van der Waals surface area contributed by atoms with Crippen LogP contribution in [-0.2, 0) is 21.5 Å². The first-order valence-corrected chi connectivity index (χ1v) is 9.71. The fraction of sp³-hybridized carbons (Fsp3) is 0.500. The summed E-state index contributed by atoms with van der Waals surface area (Å²) in [5.41, 5.74) is 2.42. The molecule has 0 N–H and O–H groups in total. The molecule has 2 aromatic heterocycles. The summed E-state index contributed by atoms with van der Waals surface area (Å²) in [5, 5.41) is 0. The Kier molecular flexibility index (Phi) is 4.44. The van der Waals surface area contributed by atoms with Crippen molar-refractivity contribution in [2.75, 3.05) is 50.9 Å². The molecule has 3 aliphatic rings. The van der Waals surface area contributed by atoms with Crippen molar-refractivity contribution in [3.63, 3.8) is 0 Å². The lowest BCUT2D eigenvalue weighted by atomic mass is 9.80. The maximum atomic E-state index is 12.9. The van der Waals surface area contributed by atoms with E-state index in [0.29, 0.717) is 45.1 Å². The molecule has 5 heterocycles. The van der Waals surface area contributed by atoms with Gasteiger partial charge in [-0.2, -0.15) is 0 Å². The van der Waals surface area contributed by atoms with Crippen LogP contribution in [0, 0.1) is 0 Å². The Hall–Kier alpha value is -2.58. The van der Waals surface area contributed by atoms with Gasteiger partial charge < -0.3 is 19.3 Å². The molecule has 1 atom stereocenters. The summed E-state index contributed by atoms with van der Waals surface area (Å²) in [6, 6.07) is 3.60. The Bertz CT molecular complexity index is 871. The summed E-state index contributed by atoms with van der Waals surface area (Å²) < 4.78 is 11.3. The summed E-state index contributed by atoms with van der Waals surface area (Å²) in [6.07, 6.45) is 6.03. The van der Waals surface area contributed by atoms with Crippen LogP contribution in [0.25, 0.3) is 0 Å². The lowest BCUT2D eigenvalue weighted by Crippen LogP contribution is -2.43. The zero-order valence-corrected chi connectivity index (χ0v) is 15.7. The first-order chi connectivity index (χ1) is 13.8. The van der Waals surface area contributed by atoms with E-state index in [1.807, 2.05) is 17.2 Å². The number of fused-ring (bicyclic) bond motifs is 2. The Balaban J connectivity index is 1.43. The number of nitrogens with zero attached hydrogens (tertiary/aromatic N) is 5. The predicted octanol–water partition coefficient (Wildman–Crippen LogP) is 1.02. The number of carbonyl (C=O) groups excluding carboxylic acids is 1. The highest BCUT2D eigenvalue weighted by Gasteiger charge is 2.46. The molecule has 0 saturated carbocycles. The number of hydrogen-bond donors (Lipinski definition) is 0. The summed E-state index contributed by atoms with van der Waals surface area (Å²) in [6.45, 7) is 5.39. The van der Waals surface area contributed by atoms with Crippen molar-refractivity contribution < 1.29 is 14.3 Å². The van der Waals surface area contributed by atoms with Gasteiger partial charge in [-0.3, -0.25) is 9.78 Å². The van der Waals surface area contributed by atoms with Gasteiger partial charge in [-0.1, -0.05) is 0 Å². The monoisotopic (exact) mass is 381 g/mol. The summed E-state index contributed by atoms with van der Waals surface area (Å²) in [4.78, 5) is 30.6. The molecule has 1 amide bonds. The third kappa shape index (κ3) is 3.02. The first kappa shape index (κ1) is 17.5. The molecule has 3 aliphatic heterocycles. The number of anilines is 1. The molecule has 8 heteroatoms. The maximum absolute atomic E-state index is 12.9. The smallest absolute Gasteiger partial charge is 0.255 e. The van der Waals surface area contributed by atoms with Crippen molar-refractivity contribution >= 4 is 11.9 Å². The van der Waals surface area contributed by atoms with Gasteiger partial charge in [0.1, 0.15) is 0 Å². The van der Waals surface area contributed by atoms with E-state index in [1.54, 1.807) is 18.5 Å². The molecule has 0 aromatic carbocycles. The van der Waals surface area contributed by atoms with E-state index < -0.39 is 0 Å². The predicted molar refractivity (Wildman–Crippen MR) is 101 cm³/mol. The van der Waals surface area contributed by atoms with Crippen molar-refractivity contribution in [1.29, 1.82) is 0 Å². The van der Waals surface area contributed by atoms with E-state index in [2.05, 4.69) is 14.9 Å². The van der Waals surface area contributed by atoms with Gasteiger partial charge in [0, 0.05) is 50.3 Å². The molecule has 0 radical (unpaired) electrons. The minimum absolute atomic E-state index is 0.0135.